The molecule has 0 saturated heterocycles. The lowest BCUT2D eigenvalue weighted by Gasteiger charge is -2.36. The van der Waals surface area contributed by atoms with Crippen LogP contribution >= 0.6 is 11.6 Å². The predicted molar refractivity (Wildman–Crippen MR) is 74.9 cm³/mol. The molecule has 1 aromatic rings. The van der Waals surface area contributed by atoms with Crippen molar-refractivity contribution in [2.75, 3.05) is 0 Å². The number of rotatable bonds is 3. The highest BCUT2D eigenvalue weighted by Gasteiger charge is 2.54. The van der Waals surface area contributed by atoms with Crippen LogP contribution in [0.5, 0.6) is 0 Å². The first kappa shape index (κ1) is 14.6. The summed E-state index contributed by atoms with van der Waals surface area (Å²) in [7, 11) is 0. The van der Waals surface area contributed by atoms with Gasteiger partial charge in [-0.2, -0.15) is 0 Å². The molecule has 0 fully saturated rings. The number of allylic oxidation sites excluding steroid dienone is 2. The molecule has 5 heteroatoms. The van der Waals surface area contributed by atoms with Crippen LogP contribution in [0, 0.1) is 5.41 Å². The molecule has 2 rings (SSSR count). The molecule has 1 unspecified atom stereocenters. The van der Waals surface area contributed by atoms with Crippen LogP contribution in [0.25, 0.3) is 0 Å². The highest BCUT2D eigenvalue weighted by Crippen LogP contribution is 2.47. The SMILES string of the molecule is CC1=CCC(C(=O)O)(C(=O)O)C(c2ccc(Cl)cc2)C1. The minimum Gasteiger partial charge on any atom is -0.480 e. The fourth-order valence-corrected chi connectivity index (χ4v) is 2.84. The summed E-state index contributed by atoms with van der Waals surface area (Å²) in [4.78, 5) is 23.3. The summed E-state index contributed by atoms with van der Waals surface area (Å²) >= 11 is 5.83. The lowest BCUT2D eigenvalue weighted by molar-refractivity contribution is -0.166. The Hall–Kier alpha value is -1.81. The van der Waals surface area contributed by atoms with E-state index in [0.29, 0.717) is 17.0 Å². The van der Waals surface area contributed by atoms with E-state index in [2.05, 4.69) is 0 Å². The maximum atomic E-state index is 11.6. The Bertz CT molecular complexity index is 560. The van der Waals surface area contributed by atoms with Gasteiger partial charge in [-0.3, -0.25) is 9.59 Å². The monoisotopic (exact) mass is 294 g/mol. The summed E-state index contributed by atoms with van der Waals surface area (Å²) in [5.74, 6) is -3.19. The van der Waals surface area contributed by atoms with Gasteiger partial charge in [-0.25, -0.2) is 0 Å². The molecule has 1 atom stereocenters. The number of carbonyl (C=O) groups is 2. The van der Waals surface area contributed by atoms with Gasteiger partial charge in [0.1, 0.15) is 0 Å². The fraction of sp³-hybridized carbons (Fsp3) is 0.333. The number of halogens is 1. The summed E-state index contributed by atoms with van der Waals surface area (Å²) in [5.41, 5.74) is -0.123. The number of benzene rings is 1. The summed E-state index contributed by atoms with van der Waals surface area (Å²) in [5, 5.41) is 19.5. The van der Waals surface area contributed by atoms with Crippen LogP contribution in [-0.2, 0) is 9.59 Å². The van der Waals surface area contributed by atoms with Gasteiger partial charge in [0.15, 0.2) is 5.41 Å². The number of carboxylic acids is 2. The van der Waals surface area contributed by atoms with Crippen molar-refractivity contribution < 1.29 is 19.8 Å². The van der Waals surface area contributed by atoms with Crippen molar-refractivity contribution in [1.29, 1.82) is 0 Å². The van der Waals surface area contributed by atoms with Crippen LogP contribution in [0.1, 0.15) is 31.2 Å². The maximum absolute atomic E-state index is 11.6. The average molecular weight is 295 g/mol. The van der Waals surface area contributed by atoms with E-state index in [0.717, 1.165) is 5.57 Å². The molecule has 0 bridgehead atoms. The first-order chi connectivity index (χ1) is 9.37. The molecule has 0 aliphatic heterocycles. The number of carboxylic acid groups (broad SMARTS) is 2. The number of hydrogen-bond donors (Lipinski definition) is 2. The molecular formula is C15H15ClO4. The number of hydrogen-bond acceptors (Lipinski definition) is 2. The maximum Gasteiger partial charge on any atom is 0.322 e. The largest absolute Gasteiger partial charge is 0.480 e. The van der Waals surface area contributed by atoms with Crippen LogP contribution in [0.2, 0.25) is 5.02 Å². The minimum absolute atomic E-state index is 0.00318. The summed E-state index contributed by atoms with van der Waals surface area (Å²) < 4.78 is 0. The third kappa shape index (κ3) is 2.31. The molecule has 20 heavy (non-hydrogen) atoms. The van der Waals surface area contributed by atoms with E-state index < -0.39 is 23.3 Å². The average Bonchev–Trinajstić information content (AvgIpc) is 2.39. The summed E-state index contributed by atoms with van der Waals surface area (Å²) in [6.07, 6.45) is 2.12. The van der Waals surface area contributed by atoms with Crippen LogP contribution < -0.4 is 0 Å². The van der Waals surface area contributed by atoms with Gasteiger partial charge in [-0.05, 0) is 37.5 Å². The Morgan fingerprint density at radius 2 is 1.75 bits per heavy atom. The van der Waals surface area contributed by atoms with Crippen molar-refractivity contribution in [3.63, 3.8) is 0 Å². The van der Waals surface area contributed by atoms with Gasteiger partial charge in [-0.15, -0.1) is 0 Å². The zero-order valence-corrected chi connectivity index (χ0v) is 11.7. The Balaban J connectivity index is 2.56. The van der Waals surface area contributed by atoms with E-state index >= 15 is 0 Å². The first-order valence-corrected chi connectivity index (χ1v) is 6.63. The second-order valence-corrected chi connectivity index (χ2v) is 5.58. The lowest BCUT2D eigenvalue weighted by Crippen LogP contribution is -2.45. The standard InChI is InChI=1S/C15H15ClO4/c1-9-6-7-15(13(17)18,14(19)20)12(8-9)10-2-4-11(16)5-3-10/h2-6,12H,7-8H2,1H3,(H,17,18)(H,19,20). The highest BCUT2D eigenvalue weighted by atomic mass is 35.5. The molecule has 4 nitrogen and oxygen atoms in total. The highest BCUT2D eigenvalue weighted by molar-refractivity contribution is 6.30. The fourth-order valence-electron chi connectivity index (χ4n) is 2.72. The molecule has 0 saturated carbocycles. The van der Waals surface area contributed by atoms with E-state index in [1.807, 2.05) is 6.92 Å². The number of aliphatic carboxylic acids is 2. The van der Waals surface area contributed by atoms with Gasteiger partial charge in [-0.1, -0.05) is 35.4 Å². The van der Waals surface area contributed by atoms with Gasteiger partial charge in [0.25, 0.3) is 0 Å². The van der Waals surface area contributed by atoms with Crippen LogP contribution in [0.4, 0.5) is 0 Å². The van der Waals surface area contributed by atoms with Gasteiger partial charge >= 0.3 is 11.9 Å². The van der Waals surface area contributed by atoms with Crippen molar-refractivity contribution in [1.82, 2.24) is 0 Å². The van der Waals surface area contributed by atoms with Gasteiger partial charge in [0.2, 0.25) is 0 Å². The zero-order valence-electron chi connectivity index (χ0n) is 11.0. The molecule has 0 aromatic heterocycles. The summed E-state index contributed by atoms with van der Waals surface area (Å²) in [6, 6.07) is 6.70. The molecule has 0 amide bonds. The molecule has 1 aliphatic rings. The Labute approximate surface area is 121 Å². The van der Waals surface area contributed by atoms with Gasteiger partial charge in [0, 0.05) is 10.9 Å². The van der Waals surface area contributed by atoms with Crippen LogP contribution in [0.15, 0.2) is 35.9 Å². The molecule has 106 valence electrons. The lowest BCUT2D eigenvalue weighted by atomic mass is 9.64. The van der Waals surface area contributed by atoms with E-state index in [-0.39, 0.29) is 6.42 Å². The van der Waals surface area contributed by atoms with Crippen molar-refractivity contribution >= 4 is 23.5 Å². The smallest absolute Gasteiger partial charge is 0.322 e. The third-order valence-electron chi connectivity index (χ3n) is 3.93. The van der Waals surface area contributed by atoms with E-state index in [1.54, 1.807) is 30.3 Å². The van der Waals surface area contributed by atoms with E-state index in [9.17, 15) is 19.8 Å². The second-order valence-electron chi connectivity index (χ2n) is 5.14. The quantitative estimate of drug-likeness (QED) is 0.662. The Morgan fingerprint density at radius 1 is 1.20 bits per heavy atom. The van der Waals surface area contributed by atoms with E-state index in [1.165, 1.54) is 0 Å². The molecule has 1 aliphatic carbocycles. The topological polar surface area (TPSA) is 74.6 Å². The van der Waals surface area contributed by atoms with Gasteiger partial charge < -0.3 is 10.2 Å². The predicted octanol–water partition coefficient (Wildman–Crippen LogP) is 3.32. The molecule has 0 heterocycles. The normalized spacial score (nSPS) is 21.1. The van der Waals surface area contributed by atoms with Crippen molar-refractivity contribution in [3.05, 3.63) is 46.5 Å². The van der Waals surface area contributed by atoms with E-state index in [4.69, 9.17) is 11.6 Å². The Kier molecular flexibility index (Phi) is 3.86. The third-order valence-corrected chi connectivity index (χ3v) is 4.18. The second kappa shape index (κ2) is 5.29. The molecular weight excluding hydrogens is 280 g/mol. The van der Waals surface area contributed by atoms with Gasteiger partial charge in [0.05, 0.1) is 0 Å². The summed E-state index contributed by atoms with van der Waals surface area (Å²) in [6.45, 7) is 1.89. The van der Waals surface area contributed by atoms with Crippen molar-refractivity contribution in [2.45, 2.75) is 25.7 Å². The molecule has 0 spiro atoms. The first-order valence-electron chi connectivity index (χ1n) is 6.26. The molecule has 1 aromatic carbocycles. The van der Waals surface area contributed by atoms with Crippen molar-refractivity contribution in [3.8, 4) is 0 Å². The zero-order chi connectivity index (χ0) is 14.9. The minimum atomic E-state index is -1.81. The van der Waals surface area contributed by atoms with Crippen LogP contribution in [0.3, 0.4) is 0 Å². The van der Waals surface area contributed by atoms with Crippen LogP contribution in [-0.4, -0.2) is 22.2 Å². The van der Waals surface area contributed by atoms with Crippen molar-refractivity contribution in [2.24, 2.45) is 5.41 Å². The molecule has 0 radical (unpaired) electrons. The Morgan fingerprint density at radius 3 is 2.25 bits per heavy atom. The molecule has 2 N–H and O–H groups in total.